The van der Waals surface area contributed by atoms with E-state index in [-0.39, 0.29) is 23.0 Å². The highest BCUT2D eigenvalue weighted by atomic mass is 16.5. The van der Waals surface area contributed by atoms with E-state index in [1.54, 1.807) is 30.7 Å². The van der Waals surface area contributed by atoms with Gasteiger partial charge in [0.15, 0.2) is 11.5 Å². The Morgan fingerprint density at radius 2 is 2.06 bits per heavy atom. The van der Waals surface area contributed by atoms with E-state index in [9.17, 15) is 4.79 Å². The highest BCUT2D eigenvalue weighted by Gasteiger charge is 2.61. The zero-order chi connectivity index (χ0) is 22.1. The number of carbonyl (C=O) groups is 1. The molecule has 4 aromatic heterocycles. The maximum Gasteiger partial charge on any atom is 0.275 e. The summed E-state index contributed by atoms with van der Waals surface area (Å²) in [7, 11) is 0. The Bertz CT molecular complexity index is 1370. The van der Waals surface area contributed by atoms with E-state index in [4.69, 9.17) is 14.5 Å². The number of ether oxygens (including phenoxy) is 2. The number of imidazole rings is 1. The summed E-state index contributed by atoms with van der Waals surface area (Å²) in [5, 5.41) is 7.03. The zero-order valence-corrected chi connectivity index (χ0v) is 18.1. The van der Waals surface area contributed by atoms with Gasteiger partial charge in [-0.1, -0.05) is 0 Å². The van der Waals surface area contributed by atoms with E-state index in [0.717, 1.165) is 18.5 Å². The van der Waals surface area contributed by atoms with Crippen molar-refractivity contribution >= 4 is 23.0 Å². The van der Waals surface area contributed by atoms with Crippen molar-refractivity contribution in [2.24, 2.45) is 0 Å². The van der Waals surface area contributed by atoms with E-state index in [0.29, 0.717) is 35.3 Å². The third-order valence-electron chi connectivity index (χ3n) is 6.18. The number of hydrogen-bond acceptors (Lipinski definition) is 7. The van der Waals surface area contributed by atoms with E-state index in [2.05, 4.69) is 27.3 Å². The summed E-state index contributed by atoms with van der Waals surface area (Å²) >= 11 is 0. The number of anilines is 1. The van der Waals surface area contributed by atoms with Crippen molar-refractivity contribution in [2.45, 2.75) is 50.7 Å². The van der Waals surface area contributed by atoms with Gasteiger partial charge < -0.3 is 14.8 Å². The largest absolute Gasteiger partial charge is 0.472 e. The average Bonchev–Trinajstić information content (AvgIpc) is 3.47. The maximum absolute atomic E-state index is 13.0. The number of fused-ring (bicyclic) bond motifs is 3. The summed E-state index contributed by atoms with van der Waals surface area (Å²) in [6, 6.07) is 3.35. The highest BCUT2D eigenvalue weighted by Crippen LogP contribution is 2.58. The molecule has 1 saturated carbocycles. The average molecular weight is 433 g/mol. The summed E-state index contributed by atoms with van der Waals surface area (Å²) in [5.74, 6) is 0.389. The quantitative estimate of drug-likeness (QED) is 0.515. The SMILES string of the molecule is CC(C)Oc1nc(NC(=O)c2ccnc3ccnn23)cn2cc(C34COC(C)(C3)C4)nc12. The molecular weight excluding hydrogens is 410 g/mol. The van der Waals surface area contributed by atoms with Gasteiger partial charge in [-0.2, -0.15) is 10.1 Å². The van der Waals surface area contributed by atoms with Crippen molar-refractivity contribution in [3.8, 4) is 5.88 Å². The molecule has 3 aliphatic rings. The van der Waals surface area contributed by atoms with E-state index < -0.39 is 0 Å². The van der Waals surface area contributed by atoms with Crippen molar-refractivity contribution in [2.75, 3.05) is 11.9 Å². The predicted octanol–water partition coefficient (Wildman–Crippen LogP) is 2.63. The van der Waals surface area contributed by atoms with Crippen molar-refractivity contribution in [3.05, 3.63) is 48.3 Å². The van der Waals surface area contributed by atoms with Gasteiger partial charge in [0.1, 0.15) is 5.69 Å². The number of nitrogens with zero attached hydrogens (tertiary/aromatic N) is 6. The van der Waals surface area contributed by atoms with Gasteiger partial charge in [-0.15, -0.1) is 0 Å². The van der Waals surface area contributed by atoms with Crippen LogP contribution in [-0.4, -0.2) is 53.2 Å². The van der Waals surface area contributed by atoms with Crippen LogP contribution in [0.2, 0.25) is 0 Å². The van der Waals surface area contributed by atoms with Crippen LogP contribution in [0.5, 0.6) is 5.88 Å². The molecule has 1 N–H and O–H groups in total. The molecule has 7 rings (SSSR count). The number of nitrogens with one attached hydrogen (secondary N) is 1. The molecule has 1 amide bonds. The van der Waals surface area contributed by atoms with Gasteiger partial charge in [0.2, 0.25) is 5.65 Å². The van der Waals surface area contributed by atoms with E-state index in [1.165, 1.54) is 4.52 Å². The summed E-state index contributed by atoms with van der Waals surface area (Å²) < 4.78 is 15.3. The third-order valence-corrected chi connectivity index (χ3v) is 6.18. The molecule has 164 valence electrons. The molecule has 2 saturated heterocycles. The van der Waals surface area contributed by atoms with E-state index in [1.807, 2.05) is 24.4 Å². The summed E-state index contributed by atoms with van der Waals surface area (Å²) in [4.78, 5) is 26.6. The molecule has 10 nitrogen and oxygen atoms in total. The summed E-state index contributed by atoms with van der Waals surface area (Å²) in [6.45, 7) is 6.68. The Morgan fingerprint density at radius 1 is 1.22 bits per heavy atom. The number of carbonyl (C=O) groups excluding carboxylic acids is 1. The Balaban J connectivity index is 1.38. The van der Waals surface area contributed by atoms with Gasteiger partial charge >= 0.3 is 0 Å². The molecule has 2 bridgehead atoms. The van der Waals surface area contributed by atoms with E-state index >= 15 is 0 Å². The molecule has 10 heteroatoms. The number of aromatic nitrogens is 6. The summed E-state index contributed by atoms with van der Waals surface area (Å²) in [6.07, 6.45) is 8.75. The van der Waals surface area contributed by atoms with Crippen LogP contribution in [0.15, 0.2) is 36.9 Å². The Labute approximate surface area is 183 Å². The lowest BCUT2D eigenvalue weighted by molar-refractivity contribution is 0.0154. The molecule has 0 atom stereocenters. The van der Waals surface area contributed by atoms with Crippen molar-refractivity contribution in [1.29, 1.82) is 0 Å². The second kappa shape index (κ2) is 6.49. The lowest BCUT2D eigenvalue weighted by atomic mass is 9.62. The molecule has 3 fully saturated rings. The number of rotatable bonds is 5. The number of hydrogen-bond donors (Lipinski definition) is 1. The van der Waals surface area contributed by atoms with Crippen LogP contribution in [-0.2, 0) is 10.2 Å². The molecule has 2 aliphatic heterocycles. The molecule has 32 heavy (non-hydrogen) atoms. The van der Waals surface area contributed by atoms with Crippen molar-refractivity contribution < 1.29 is 14.3 Å². The van der Waals surface area contributed by atoms with Gasteiger partial charge in [0.25, 0.3) is 11.8 Å². The fraction of sp³-hybridized carbons (Fsp3) is 0.409. The molecular formula is C22H23N7O3. The van der Waals surface area contributed by atoms with Crippen molar-refractivity contribution in [1.82, 2.24) is 29.0 Å². The standard InChI is InChI=1S/C22H23N7O3/c1-13(2)32-20-18-25-15(22-10-21(3,11-22)31-12-22)8-28(18)9-16(27-20)26-19(30)14-4-6-23-17-5-7-24-29(14)17/h4-9,13H,10-12H2,1-3H3,(H,26,30). The minimum absolute atomic E-state index is 0.0349. The second-order valence-corrected chi connectivity index (χ2v) is 9.21. The predicted molar refractivity (Wildman–Crippen MR) is 115 cm³/mol. The van der Waals surface area contributed by atoms with Crippen molar-refractivity contribution in [3.63, 3.8) is 0 Å². The molecule has 0 unspecified atom stereocenters. The first kappa shape index (κ1) is 19.2. The molecule has 1 aliphatic carbocycles. The fourth-order valence-corrected chi connectivity index (χ4v) is 4.93. The van der Waals surface area contributed by atoms with Gasteiger partial charge in [0.05, 0.1) is 36.4 Å². The fourth-order valence-electron chi connectivity index (χ4n) is 4.93. The zero-order valence-electron chi connectivity index (χ0n) is 18.1. The summed E-state index contributed by atoms with van der Waals surface area (Å²) in [5.41, 5.74) is 2.46. The van der Waals surface area contributed by atoms with Gasteiger partial charge in [0, 0.05) is 23.9 Å². The second-order valence-electron chi connectivity index (χ2n) is 9.21. The minimum Gasteiger partial charge on any atom is -0.472 e. The molecule has 0 spiro atoms. The molecule has 0 radical (unpaired) electrons. The lowest BCUT2D eigenvalue weighted by Crippen LogP contribution is -2.45. The van der Waals surface area contributed by atoms with Gasteiger partial charge in [-0.05, 0) is 39.7 Å². The monoisotopic (exact) mass is 433 g/mol. The highest BCUT2D eigenvalue weighted by molar-refractivity contribution is 6.02. The Morgan fingerprint density at radius 3 is 2.81 bits per heavy atom. The maximum atomic E-state index is 13.0. The van der Waals surface area contributed by atoms with Crippen LogP contribution < -0.4 is 10.1 Å². The van der Waals surface area contributed by atoms with Crippen LogP contribution in [0.4, 0.5) is 5.82 Å². The van der Waals surface area contributed by atoms with Gasteiger partial charge in [-0.3, -0.25) is 9.20 Å². The van der Waals surface area contributed by atoms with Crippen LogP contribution in [0.3, 0.4) is 0 Å². The molecule has 4 aromatic rings. The Hall–Kier alpha value is -3.53. The topological polar surface area (TPSA) is 108 Å². The first-order valence-corrected chi connectivity index (χ1v) is 10.7. The Kier molecular flexibility index (Phi) is 3.89. The van der Waals surface area contributed by atoms with Crippen LogP contribution in [0, 0.1) is 0 Å². The number of amides is 1. The smallest absolute Gasteiger partial charge is 0.275 e. The third kappa shape index (κ3) is 2.86. The molecule has 6 heterocycles. The van der Waals surface area contributed by atoms with Crippen LogP contribution in [0.25, 0.3) is 11.3 Å². The normalized spacial score (nSPS) is 24.2. The van der Waals surface area contributed by atoms with Crippen LogP contribution in [0.1, 0.15) is 49.8 Å². The van der Waals surface area contributed by atoms with Crippen LogP contribution >= 0.6 is 0 Å². The van der Waals surface area contributed by atoms with Gasteiger partial charge in [-0.25, -0.2) is 14.5 Å². The minimum atomic E-state index is -0.346. The first-order chi connectivity index (χ1) is 15.3. The molecule has 0 aromatic carbocycles. The lowest BCUT2D eigenvalue weighted by Gasteiger charge is -2.41. The first-order valence-electron chi connectivity index (χ1n) is 10.7.